The van der Waals surface area contributed by atoms with Crippen LogP contribution in [0.5, 0.6) is 0 Å². The third-order valence-corrected chi connectivity index (χ3v) is 4.17. The summed E-state index contributed by atoms with van der Waals surface area (Å²) in [5.41, 5.74) is 2.65. The van der Waals surface area contributed by atoms with Gasteiger partial charge in [0.05, 0.1) is 13.0 Å². The van der Waals surface area contributed by atoms with Crippen LogP contribution in [0.2, 0.25) is 0 Å². The summed E-state index contributed by atoms with van der Waals surface area (Å²) in [6.45, 7) is 5.98. The van der Waals surface area contributed by atoms with Crippen LogP contribution < -0.4 is 0 Å². The maximum absolute atomic E-state index is 12.9. The maximum atomic E-state index is 12.9. The van der Waals surface area contributed by atoms with Crippen LogP contribution >= 0.6 is 0 Å². The van der Waals surface area contributed by atoms with E-state index in [4.69, 9.17) is 4.74 Å². The molecule has 3 aromatic rings. The molecule has 28 heavy (non-hydrogen) atoms. The van der Waals surface area contributed by atoms with Crippen molar-refractivity contribution in [2.24, 2.45) is 0 Å². The lowest BCUT2D eigenvalue weighted by atomic mass is 10.2. The zero-order valence-corrected chi connectivity index (χ0v) is 16.3. The van der Waals surface area contributed by atoms with Crippen molar-refractivity contribution in [3.05, 3.63) is 59.2 Å². The third-order valence-electron chi connectivity index (χ3n) is 4.17. The minimum Gasteiger partial charge on any atom is -0.465 e. The summed E-state index contributed by atoms with van der Waals surface area (Å²) in [4.78, 5) is 35.0. The summed E-state index contributed by atoms with van der Waals surface area (Å²) in [5.74, 6) is 0.137. The number of fused-ring (bicyclic) bond motifs is 1. The van der Waals surface area contributed by atoms with Gasteiger partial charge in [0.15, 0.2) is 5.82 Å². The normalized spacial score (nSPS) is 10.8. The molecule has 0 saturated carbocycles. The number of esters is 1. The molecular formula is C20H23N5O3. The van der Waals surface area contributed by atoms with E-state index in [0.29, 0.717) is 18.1 Å². The Kier molecular flexibility index (Phi) is 5.98. The van der Waals surface area contributed by atoms with Crippen molar-refractivity contribution in [1.82, 2.24) is 24.5 Å². The molecule has 0 atom stereocenters. The number of hydrogen-bond acceptors (Lipinski definition) is 6. The number of nitrogens with zero attached hydrogens (tertiary/aromatic N) is 5. The van der Waals surface area contributed by atoms with E-state index in [-0.39, 0.29) is 25.5 Å². The van der Waals surface area contributed by atoms with Crippen LogP contribution in [0.15, 0.2) is 36.4 Å². The first-order chi connectivity index (χ1) is 13.5. The van der Waals surface area contributed by atoms with Crippen LogP contribution in [0.3, 0.4) is 0 Å². The van der Waals surface area contributed by atoms with Crippen molar-refractivity contribution in [2.75, 3.05) is 13.2 Å². The van der Waals surface area contributed by atoms with Crippen molar-refractivity contribution in [2.45, 2.75) is 33.7 Å². The molecule has 0 aliphatic heterocycles. The molecule has 1 amide bonds. The Morgan fingerprint density at radius 2 is 1.89 bits per heavy atom. The molecule has 0 aliphatic rings. The molecule has 0 saturated heterocycles. The van der Waals surface area contributed by atoms with E-state index < -0.39 is 5.97 Å². The fourth-order valence-corrected chi connectivity index (χ4v) is 2.93. The van der Waals surface area contributed by atoms with Crippen molar-refractivity contribution in [3.8, 4) is 0 Å². The predicted molar refractivity (Wildman–Crippen MR) is 102 cm³/mol. The highest BCUT2D eigenvalue weighted by Crippen LogP contribution is 2.09. The van der Waals surface area contributed by atoms with E-state index >= 15 is 0 Å². The summed E-state index contributed by atoms with van der Waals surface area (Å²) < 4.78 is 6.62. The van der Waals surface area contributed by atoms with Crippen LogP contribution in [0.1, 0.15) is 29.7 Å². The van der Waals surface area contributed by atoms with Gasteiger partial charge < -0.3 is 9.64 Å². The Bertz CT molecular complexity index is 984. The lowest BCUT2D eigenvalue weighted by molar-refractivity contribution is -0.149. The number of rotatable bonds is 7. The van der Waals surface area contributed by atoms with Gasteiger partial charge >= 0.3 is 5.97 Å². The number of hydrogen-bond donors (Lipinski definition) is 0. The van der Waals surface area contributed by atoms with E-state index in [2.05, 4.69) is 15.1 Å². The molecule has 2 aromatic heterocycles. The Labute approximate surface area is 163 Å². The molecule has 0 bridgehead atoms. The molecule has 0 radical (unpaired) electrons. The summed E-state index contributed by atoms with van der Waals surface area (Å²) in [5, 5.41) is 4.38. The van der Waals surface area contributed by atoms with Gasteiger partial charge in [-0.3, -0.25) is 9.59 Å². The lowest BCUT2D eigenvalue weighted by Crippen LogP contribution is -2.37. The van der Waals surface area contributed by atoms with E-state index in [1.165, 1.54) is 4.90 Å². The van der Waals surface area contributed by atoms with Gasteiger partial charge in [-0.1, -0.05) is 30.3 Å². The van der Waals surface area contributed by atoms with Gasteiger partial charge in [0.2, 0.25) is 5.91 Å². The molecule has 0 unspecified atom stereocenters. The summed E-state index contributed by atoms with van der Waals surface area (Å²) >= 11 is 0. The molecule has 0 aliphatic carbocycles. The highest BCUT2D eigenvalue weighted by atomic mass is 16.5. The Morgan fingerprint density at radius 1 is 1.14 bits per heavy atom. The number of carbonyl (C=O) groups excluding carboxylic acids is 2. The van der Waals surface area contributed by atoms with Crippen LogP contribution in [0.25, 0.3) is 5.78 Å². The van der Waals surface area contributed by atoms with Gasteiger partial charge in [0.25, 0.3) is 5.78 Å². The fraction of sp³-hybridized carbons (Fsp3) is 0.350. The van der Waals surface area contributed by atoms with E-state index in [9.17, 15) is 9.59 Å². The smallest absolute Gasteiger partial charge is 0.325 e. The Morgan fingerprint density at radius 3 is 2.61 bits per heavy atom. The first kappa shape index (κ1) is 19.5. The minimum absolute atomic E-state index is 0.0198. The number of aryl methyl sites for hydroxylation is 2. The lowest BCUT2D eigenvalue weighted by Gasteiger charge is -2.21. The molecule has 8 heteroatoms. The number of ether oxygens (including phenoxy) is 1. The zero-order chi connectivity index (χ0) is 20.1. The SMILES string of the molecule is CCOC(=O)CN(Cc1ccccc1)C(=O)Cc1nc2nc(C)cc(C)n2n1. The summed E-state index contributed by atoms with van der Waals surface area (Å²) in [6.07, 6.45) is -0.0198. The average Bonchev–Trinajstić information content (AvgIpc) is 3.05. The Hall–Kier alpha value is -3.29. The summed E-state index contributed by atoms with van der Waals surface area (Å²) in [6, 6.07) is 11.4. The molecule has 146 valence electrons. The maximum Gasteiger partial charge on any atom is 0.325 e. The van der Waals surface area contributed by atoms with Crippen LogP contribution in [-0.4, -0.2) is 49.5 Å². The molecule has 1 aromatic carbocycles. The van der Waals surface area contributed by atoms with Crippen LogP contribution in [-0.2, 0) is 27.3 Å². The molecule has 2 heterocycles. The van der Waals surface area contributed by atoms with E-state index in [1.54, 1.807) is 11.4 Å². The predicted octanol–water partition coefficient (Wildman–Crippen LogP) is 1.88. The number of benzene rings is 1. The minimum atomic E-state index is -0.442. The quantitative estimate of drug-likeness (QED) is 0.581. The zero-order valence-electron chi connectivity index (χ0n) is 16.3. The monoisotopic (exact) mass is 381 g/mol. The van der Waals surface area contributed by atoms with Gasteiger partial charge in [-0.15, -0.1) is 5.10 Å². The topological polar surface area (TPSA) is 89.7 Å². The molecule has 3 rings (SSSR count). The second-order valence-electron chi connectivity index (χ2n) is 6.50. The molecule has 0 spiro atoms. The van der Waals surface area contributed by atoms with Crippen LogP contribution in [0, 0.1) is 13.8 Å². The van der Waals surface area contributed by atoms with Crippen molar-refractivity contribution in [1.29, 1.82) is 0 Å². The number of carbonyl (C=O) groups is 2. The first-order valence-corrected chi connectivity index (χ1v) is 9.13. The second kappa shape index (κ2) is 8.60. The molecule has 0 N–H and O–H groups in total. The second-order valence-corrected chi connectivity index (χ2v) is 6.50. The molecule has 0 fully saturated rings. The van der Waals surface area contributed by atoms with E-state index in [0.717, 1.165) is 17.0 Å². The largest absolute Gasteiger partial charge is 0.465 e. The van der Waals surface area contributed by atoms with E-state index in [1.807, 2.05) is 50.2 Å². The van der Waals surface area contributed by atoms with Gasteiger partial charge in [-0.2, -0.15) is 4.98 Å². The average molecular weight is 381 g/mol. The van der Waals surface area contributed by atoms with Gasteiger partial charge in [0, 0.05) is 17.9 Å². The van der Waals surface area contributed by atoms with Crippen LogP contribution in [0.4, 0.5) is 0 Å². The van der Waals surface area contributed by atoms with Gasteiger partial charge in [0.1, 0.15) is 6.54 Å². The highest BCUT2D eigenvalue weighted by Gasteiger charge is 2.21. The van der Waals surface area contributed by atoms with Crippen molar-refractivity contribution in [3.63, 3.8) is 0 Å². The third kappa shape index (κ3) is 4.70. The standard InChI is InChI=1S/C20H23N5O3/c1-4-28-19(27)13-24(12-16-8-6-5-7-9-16)18(26)11-17-22-20-21-14(2)10-15(3)25(20)23-17/h5-10H,4,11-13H2,1-3H3. The number of aromatic nitrogens is 4. The molecular weight excluding hydrogens is 358 g/mol. The number of amides is 1. The van der Waals surface area contributed by atoms with Gasteiger partial charge in [-0.25, -0.2) is 9.50 Å². The summed E-state index contributed by atoms with van der Waals surface area (Å²) in [7, 11) is 0. The van der Waals surface area contributed by atoms with Crippen molar-refractivity contribution >= 4 is 17.7 Å². The highest BCUT2D eigenvalue weighted by molar-refractivity contribution is 5.83. The first-order valence-electron chi connectivity index (χ1n) is 9.13. The van der Waals surface area contributed by atoms with Gasteiger partial charge in [-0.05, 0) is 32.4 Å². The fourth-order valence-electron chi connectivity index (χ4n) is 2.93. The Balaban J connectivity index is 1.80. The molecule has 8 nitrogen and oxygen atoms in total. The van der Waals surface area contributed by atoms with Crippen molar-refractivity contribution < 1.29 is 14.3 Å².